The lowest BCUT2D eigenvalue weighted by Gasteiger charge is -2.25. The third kappa shape index (κ3) is 4.79. The fourth-order valence-corrected chi connectivity index (χ4v) is 2.84. The van der Waals surface area contributed by atoms with Gasteiger partial charge in [0.25, 0.3) is 0 Å². The molecule has 1 N–H and O–H groups in total. The summed E-state index contributed by atoms with van der Waals surface area (Å²) in [5.41, 5.74) is -0.617. The normalized spacial score (nSPS) is 23.1. The first kappa shape index (κ1) is 16.5. The van der Waals surface area contributed by atoms with Gasteiger partial charge in [-0.15, -0.1) is 0 Å². The van der Waals surface area contributed by atoms with E-state index >= 15 is 0 Å². The highest BCUT2D eigenvalue weighted by molar-refractivity contribution is 14.1. The maximum atomic E-state index is 11.7. The van der Waals surface area contributed by atoms with Gasteiger partial charge in [0.2, 0.25) is 3.79 Å². The predicted molar refractivity (Wildman–Crippen MR) is 78.5 cm³/mol. The minimum atomic E-state index is -0.738. The summed E-state index contributed by atoms with van der Waals surface area (Å²) >= 11 is 7.02. The minimum absolute atomic E-state index is 0.245. The summed E-state index contributed by atoms with van der Waals surface area (Å²) in [6.07, 6.45) is -0.138. The number of alkyl carbamates (subject to hydrolysis) is 1. The van der Waals surface area contributed by atoms with Crippen molar-refractivity contribution in [2.24, 2.45) is 0 Å². The van der Waals surface area contributed by atoms with Gasteiger partial charge in [-0.25, -0.2) is 4.79 Å². The summed E-state index contributed by atoms with van der Waals surface area (Å²) in [4.78, 5) is 35.7. The Bertz CT molecular complexity index is 397. The summed E-state index contributed by atoms with van der Waals surface area (Å²) in [5, 5.41) is 1.92. The van der Waals surface area contributed by atoms with Crippen LogP contribution in [0, 0.1) is 0 Å². The molecular formula is C11H16ClIN2O4. The van der Waals surface area contributed by atoms with Crippen molar-refractivity contribution in [2.75, 3.05) is 6.54 Å². The van der Waals surface area contributed by atoms with Gasteiger partial charge in [0, 0.05) is 29.1 Å². The van der Waals surface area contributed by atoms with Crippen LogP contribution in [-0.4, -0.2) is 44.4 Å². The second-order valence-corrected chi connectivity index (χ2v) is 6.62. The van der Waals surface area contributed by atoms with Crippen molar-refractivity contribution < 1.29 is 19.1 Å². The fourth-order valence-electron chi connectivity index (χ4n) is 1.88. The van der Waals surface area contributed by atoms with Crippen LogP contribution in [0.1, 0.15) is 27.2 Å². The standard InChI is InChI=1S/C11H16ClIN2O4/c1-11(2,3)19-10(18)14-6-4-5-15(9(12)17)7(6)8(13)16/h6-7H,4-5H2,1-3H3,(H,14,18). The van der Waals surface area contributed by atoms with Gasteiger partial charge < -0.3 is 15.0 Å². The first-order valence-electron chi connectivity index (χ1n) is 5.77. The molecule has 2 unspecified atom stereocenters. The molecule has 0 radical (unpaired) electrons. The second kappa shape index (κ2) is 6.25. The van der Waals surface area contributed by atoms with Crippen LogP contribution in [-0.2, 0) is 9.53 Å². The van der Waals surface area contributed by atoms with Gasteiger partial charge in [0.15, 0.2) is 0 Å². The molecule has 1 fully saturated rings. The van der Waals surface area contributed by atoms with E-state index < -0.39 is 29.1 Å². The van der Waals surface area contributed by atoms with Gasteiger partial charge in [0.05, 0.1) is 6.04 Å². The highest BCUT2D eigenvalue weighted by atomic mass is 127. The topological polar surface area (TPSA) is 75.7 Å². The maximum Gasteiger partial charge on any atom is 0.407 e. The van der Waals surface area contributed by atoms with E-state index in [-0.39, 0.29) is 3.79 Å². The third-order valence-electron chi connectivity index (χ3n) is 2.56. The van der Waals surface area contributed by atoms with E-state index in [1.165, 1.54) is 4.90 Å². The molecule has 8 heteroatoms. The Kier molecular flexibility index (Phi) is 5.43. The van der Waals surface area contributed by atoms with Crippen LogP contribution in [0.2, 0.25) is 0 Å². The monoisotopic (exact) mass is 402 g/mol. The van der Waals surface area contributed by atoms with Gasteiger partial charge >= 0.3 is 11.5 Å². The maximum absolute atomic E-state index is 11.7. The average Bonchev–Trinajstić information content (AvgIpc) is 2.57. The molecule has 19 heavy (non-hydrogen) atoms. The summed E-state index contributed by atoms with van der Waals surface area (Å²) in [7, 11) is 0. The van der Waals surface area contributed by atoms with E-state index in [1.807, 2.05) is 0 Å². The Balaban J connectivity index is 2.70. The molecule has 1 aliphatic rings. The number of hydrogen-bond donors (Lipinski definition) is 1. The molecule has 6 nitrogen and oxygen atoms in total. The van der Waals surface area contributed by atoms with Gasteiger partial charge in [-0.2, -0.15) is 0 Å². The average molecular weight is 403 g/mol. The fraction of sp³-hybridized carbons (Fsp3) is 0.727. The number of halogens is 2. The first-order chi connectivity index (χ1) is 8.61. The van der Waals surface area contributed by atoms with E-state index in [9.17, 15) is 14.4 Å². The molecule has 1 aliphatic heterocycles. The van der Waals surface area contributed by atoms with Crippen molar-refractivity contribution >= 4 is 49.4 Å². The van der Waals surface area contributed by atoms with Crippen LogP contribution < -0.4 is 5.32 Å². The number of ether oxygens (including phenoxy) is 1. The predicted octanol–water partition coefficient (Wildman–Crippen LogP) is 2.27. The largest absolute Gasteiger partial charge is 0.444 e. The molecule has 0 aromatic heterocycles. The smallest absolute Gasteiger partial charge is 0.407 e. The number of likely N-dealkylation sites (tertiary alicyclic amines) is 1. The zero-order valence-electron chi connectivity index (χ0n) is 10.9. The summed E-state index contributed by atoms with van der Waals surface area (Å²) in [6, 6.07) is -1.21. The quantitative estimate of drug-likeness (QED) is 0.437. The molecule has 1 saturated heterocycles. The molecule has 0 spiro atoms. The highest BCUT2D eigenvalue weighted by Crippen LogP contribution is 2.23. The Labute approximate surface area is 130 Å². The van der Waals surface area contributed by atoms with Crippen LogP contribution in [0.15, 0.2) is 0 Å². The van der Waals surface area contributed by atoms with Gasteiger partial charge in [-0.1, -0.05) is 0 Å². The van der Waals surface area contributed by atoms with Gasteiger partial charge in [-0.3, -0.25) is 9.59 Å². The lowest BCUT2D eigenvalue weighted by Crippen LogP contribution is -2.49. The van der Waals surface area contributed by atoms with Gasteiger partial charge in [0.1, 0.15) is 11.6 Å². The molecule has 0 aromatic carbocycles. The Morgan fingerprint density at radius 1 is 1.37 bits per heavy atom. The van der Waals surface area contributed by atoms with E-state index in [1.54, 1.807) is 43.4 Å². The van der Waals surface area contributed by atoms with Crippen molar-refractivity contribution in [3.63, 3.8) is 0 Å². The molecule has 0 aliphatic carbocycles. The van der Waals surface area contributed by atoms with Crippen molar-refractivity contribution in [3.05, 3.63) is 0 Å². The number of carbonyl (C=O) groups excluding carboxylic acids is 3. The van der Waals surface area contributed by atoms with Crippen LogP contribution in [0.5, 0.6) is 0 Å². The van der Waals surface area contributed by atoms with Crippen molar-refractivity contribution in [1.29, 1.82) is 0 Å². The Morgan fingerprint density at radius 2 is 1.95 bits per heavy atom. The Hall–Kier alpha value is -0.570. The van der Waals surface area contributed by atoms with Crippen molar-refractivity contribution in [2.45, 2.75) is 44.9 Å². The van der Waals surface area contributed by atoms with Crippen molar-refractivity contribution in [1.82, 2.24) is 10.2 Å². The third-order valence-corrected chi connectivity index (χ3v) is 3.41. The van der Waals surface area contributed by atoms with Crippen LogP contribution in [0.4, 0.5) is 9.59 Å². The number of amides is 2. The molecule has 0 saturated carbocycles. The second-order valence-electron chi connectivity index (χ2n) is 5.24. The molecular weight excluding hydrogens is 386 g/mol. The lowest BCUT2D eigenvalue weighted by molar-refractivity contribution is -0.112. The molecule has 0 aromatic rings. The van der Waals surface area contributed by atoms with E-state index in [4.69, 9.17) is 16.3 Å². The summed E-state index contributed by atoms with van der Waals surface area (Å²) in [6.45, 7) is 5.58. The minimum Gasteiger partial charge on any atom is -0.444 e. The number of rotatable bonds is 2. The van der Waals surface area contributed by atoms with Crippen LogP contribution >= 0.6 is 34.2 Å². The molecule has 108 valence electrons. The molecule has 1 heterocycles. The molecule has 2 atom stereocenters. The van der Waals surface area contributed by atoms with Crippen molar-refractivity contribution in [3.8, 4) is 0 Å². The van der Waals surface area contributed by atoms with E-state index in [2.05, 4.69) is 5.32 Å². The number of carbonyl (C=O) groups is 3. The number of nitrogens with zero attached hydrogens (tertiary/aromatic N) is 1. The van der Waals surface area contributed by atoms with Crippen LogP contribution in [0.3, 0.4) is 0 Å². The highest BCUT2D eigenvalue weighted by Gasteiger charge is 2.41. The molecule has 1 rings (SSSR count). The molecule has 2 amide bonds. The van der Waals surface area contributed by atoms with E-state index in [0.29, 0.717) is 13.0 Å². The zero-order valence-corrected chi connectivity index (χ0v) is 13.8. The summed E-state index contributed by atoms with van der Waals surface area (Å²) in [5.74, 6) is 0. The number of nitrogens with one attached hydrogen (secondary N) is 1. The van der Waals surface area contributed by atoms with Gasteiger partial charge in [-0.05, 0) is 38.8 Å². The molecule has 0 bridgehead atoms. The zero-order chi connectivity index (χ0) is 14.8. The van der Waals surface area contributed by atoms with Crippen LogP contribution in [0.25, 0.3) is 0 Å². The lowest BCUT2D eigenvalue weighted by atomic mass is 10.1. The SMILES string of the molecule is CC(C)(C)OC(=O)NC1CCN(C(=O)Cl)C1C(=O)I. The number of hydrogen-bond acceptors (Lipinski definition) is 4. The van der Waals surface area contributed by atoms with E-state index in [0.717, 1.165) is 0 Å². The summed E-state index contributed by atoms with van der Waals surface area (Å²) < 4.78 is 4.88. The Morgan fingerprint density at radius 3 is 2.37 bits per heavy atom. The first-order valence-corrected chi connectivity index (χ1v) is 7.22.